The Hall–Kier alpha value is -0.400. The number of hydrogen-bond acceptors (Lipinski definition) is 0. The van der Waals surface area contributed by atoms with Gasteiger partial charge in [-0.05, 0) is 0 Å². The van der Waals surface area contributed by atoms with Crippen molar-refractivity contribution in [1.29, 1.82) is 0 Å². The van der Waals surface area contributed by atoms with Crippen molar-refractivity contribution in [1.82, 2.24) is 0 Å². The Morgan fingerprint density at radius 3 is 1.75 bits per heavy atom. The monoisotopic (exact) mass is 505 g/mol. The number of rotatable bonds is 6. The number of benzene rings is 2. The molecule has 2 unspecified atom stereocenters. The first-order chi connectivity index (χ1) is 13.4. The predicted octanol–water partition coefficient (Wildman–Crippen LogP) is 7.60. The van der Waals surface area contributed by atoms with Crippen LogP contribution in [0.4, 0.5) is 0 Å². The molecule has 0 aromatic heterocycles. The Bertz CT molecular complexity index is 905. The molecular formula is C24H29Cl2SiZr. The molecule has 0 N–H and O–H groups in total. The number of unbranched alkanes of at least 4 members (excludes halogenated alkanes) is 1. The summed E-state index contributed by atoms with van der Waals surface area (Å²) in [7, 11) is 16.1. The molecule has 2 aromatic carbocycles. The molecule has 4 rings (SSSR count). The number of fused-ring (bicyclic) bond motifs is 2. The minimum absolute atomic E-state index is 0.254. The van der Waals surface area contributed by atoms with Crippen LogP contribution < -0.4 is 0 Å². The van der Waals surface area contributed by atoms with Crippen molar-refractivity contribution >= 4 is 35.8 Å². The van der Waals surface area contributed by atoms with Gasteiger partial charge in [0.05, 0.1) is 0 Å². The van der Waals surface area contributed by atoms with E-state index in [0.717, 1.165) is 0 Å². The summed E-state index contributed by atoms with van der Waals surface area (Å²) in [6.45, 7) is 6.17. The van der Waals surface area contributed by atoms with E-state index in [-0.39, 0.29) is 7.25 Å². The standard InChI is InChI=1S/2C10H9.C4H11Si.2ClH.Zr/c2*1-8-6-9-4-2-3-5-10(9)7-8;1-2-3-4-5;;;/h2*2-7H,1H3;2-5H2,1H3;2*1H;/q;;;;;+2/p-2. The van der Waals surface area contributed by atoms with E-state index in [1.165, 1.54) is 52.3 Å². The summed E-state index contributed by atoms with van der Waals surface area (Å²) in [5, 5.41) is 0. The molecule has 0 aliphatic heterocycles. The second-order valence-electron chi connectivity index (χ2n) is 8.71. The van der Waals surface area contributed by atoms with E-state index in [0.29, 0.717) is 0 Å². The molecule has 2 atom stereocenters. The Labute approximate surface area is 179 Å². The van der Waals surface area contributed by atoms with Crippen LogP contribution >= 0.6 is 17.0 Å². The maximum absolute atomic E-state index is 8.04. The molecule has 2 aliphatic carbocycles. The normalized spacial score (nSPS) is 22.5. The van der Waals surface area contributed by atoms with Gasteiger partial charge in [0.2, 0.25) is 0 Å². The first-order valence-electron chi connectivity index (χ1n) is 10.5. The van der Waals surface area contributed by atoms with Crippen LogP contribution in [0.2, 0.25) is 6.04 Å². The molecule has 2 aromatic rings. The van der Waals surface area contributed by atoms with E-state index in [2.05, 4.69) is 81.5 Å². The van der Waals surface area contributed by atoms with Crippen LogP contribution in [0.3, 0.4) is 0 Å². The third-order valence-corrected chi connectivity index (χ3v) is 44.4. The summed E-state index contributed by atoms with van der Waals surface area (Å²) >= 11 is -4.27. The molecule has 0 fully saturated rings. The third-order valence-electron chi connectivity index (χ3n) is 6.73. The molecule has 0 saturated carbocycles. The van der Waals surface area contributed by atoms with Gasteiger partial charge in [0.1, 0.15) is 0 Å². The predicted molar refractivity (Wildman–Crippen MR) is 126 cm³/mol. The first kappa shape index (κ1) is 20.9. The van der Waals surface area contributed by atoms with Crippen molar-refractivity contribution in [3.05, 3.63) is 81.9 Å². The molecule has 0 spiro atoms. The van der Waals surface area contributed by atoms with E-state index in [1.807, 2.05) is 0 Å². The fraction of sp³-hybridized carbons (Fsp3) is 0.333. The molecule has 0 bridgehead atoms. The van der Waals surface area contributed by atoms with Crippen LogP contribution in [0, 0.1) is 0 Å². The summed E-state index contributed by atoms with van der Waals surface area (Å²) in [6.07, 6.45) is 7.15. The summed E-state index contributed by atoms with van der Waals surface area (Å²) in [5.41, 5.74) is 8.19. The van der Waals surface area contributed by atoms with Gasteiger partial charge < -0.3 is 0 Å². The van der Waals surface area contributed by atoms with Gasteiger partial charge in [-0.2, -0.15) is 0 Å². The Balaban J connectivity index is 1.90. The van der Waals surface area contributed by atoms with Crippen molar-refractivity contribution in [3.8, 4) is 0 Å². The van der Waals surface area contributed by atoms with Gasteiger partial charge in [-0.25, -0.2) is 0 Å². The van der Waals surface area contributed by atoms with Crippen molar-refractivity contribution < 1.29 is 15.6 Å². The Kier molecular flexibility index (Phi) is 5.73. The summed E-state index contributed by atoms with van der Waals surface area (Å²) in [5.74, 6) is 0. The average molecular weight is 508 g/mol. The van der Waals surface area contributed by atoms with Crippen LogP contribution in [-0.4, -0.2) is 6.65 Å². The Morgan fingerprint density at radius 1 is 0.821 bits per heavy atom. The molecule has 0 radical (unpaired) electrons. The van der Waals surface area contributed by atoms with Crippen molar-refractivity contribution in [2.75, 3.05) is 0 Å². The molecule has 147 valence electrons. The fourth-order valence-corrected chi connectivity index (χ4v) is 47.0. The van der Waals surface area contributed by atoms with E-state index < -0.39 is 22.2 Å². The molecule has 0 nitrogen and oxygen atoms in total. The zero-order chi connectivity index (χ0) is 20.0. The summed E-state index contributed by atoms with van der Waals surface area (Å²) < 4.78 is 0.507. The molecule has 2 aliphatic rings. The molecular weight excluding hydrogens is 478 g/mol. The van der Waals surface area contributed by atoms with Gasteiger partial charge in [0.25, 0.3) is 0 Å². The second-order valence-corrected chi connectivity index (χ2v) is 49.1. The second kappa shape index (κ2) is 7.69. The number of halogens is 2. The van der Waals surface area contributed by atoms with Gasteiger partial charge >= 0.3 is 180 Å². The van der Waals surface area contributed by atoms with Gasteiger partial charge in [-0.3, -0.25) is 0 Å². The molecule has 28 heavy (non-hydrogen) atoms. The Morgan fingerprint density at radius 2 is 1.29 bits per heavy atom. The van der Waals surface area contributed by atoms with Crippen LogP contribution in [0.5, 0.6) is 0 Å². The third kappa shape index (κ3) is 3.29. The van der Waals surface area contributed by atoms with E-state index >= 15 is 0 Å². The van der Waals surface area contributed by atoms with Crippen molar-refractivity contribution in [3.63, 3.8) is 0 Å². The van der Waals surface area contributed by atoms with Crippen LogP contribution in [0.15, 0.2) is 59.7 Å². The van der Waals surface area contributed by atoms with Gasteiger partial charge in [0.15, 0.2) is 0 Å². The van der Waals surface area contributed by atoms with Crippen LogP contribution in [0.25, 0.3) is 12.2 Å². The van der Waals surface area contributed by atoms with E-state index in [9.17, 15) is 0 Å². The van der Waals surface area contributed by atoms with Gasteiger partial charge in [-0.1, -0.05) is 0 Å². The number of hydrogen-bond donors (Lipinski definition) is 0. The minimum atomic E-state index is -4.27. The van der Waals surface area contributed by atoms with Crippen LogP contribution in [-0.2, 0) is 15.6 Å². The molecule has 0 heterocycles. The van der Waals surface area contributed by atoms with Gasteiger partial charge in [-0.15, -0.1) is 0 Å². The van der Waals surface area contributed by atoms with E-state index in [4.69, 9.17) is 17.0 Å². The summed E-state index contributed by atoms with van der Waals surface area (Å²) in [4.78, 5) is 0. The average Bonchev–Trinajstić information content (AvgIpc) is 3.18. The maximum atomic E-state index is 8.04. The van der Waals surface area contributed by atoms with Crippen molar-refractivity contribution in [2.45, 2.75) is 46.9 Å². The zero-order valence-corrected chi connectivity index (χ0v) is 22.4. The molecule has 0 saturated heterocycles. The SMILES string of the molecule is CCCC[SiH2][Zr]([Cl])([Cl])([CH]1C(C)=Cc2ccccc21)[CH]1C(C)=Cc2ccccc21. The fourth-order valence-electron chi connectivity index (χ4n) is 5.69. The molecule has 4 heteroatoms. The molecule has 0 amide bonds. The van der Waals surface area contributed by atoms with Crippen molar-refractivity contribution in [2.24, 2.45) is 0 Å². The van der Waals surface area contributed by atoms with E-state index in [1.54, 1.807) is 0 Å². The number of allylic oxidation sites excluding steroid dienone is 2. The van der Waals surface area contributed by atoms with Gasteiger partial charge in [0, 0.05) is 0 Å². The quantitative estimate of drug-likeness (QED) is 0.279. The summed E-state index contributed by atoms with van der Waals surface area (Å²) in [6, 6.07) is 18.8. The first-order valence-corrected chi connectivity index (χ1v) is 26.6. The zero-order valence-electron chi connectivity index (χ0n) is 17.0. The van der Waals surface area contributed by atoms with Crippen LogP contribution in [0.1, 0.15) is 63.1 Å². The topological polar surface area (TPSA) is 0 Å².